The highest BCUT2D eigenvalue weighted by molar-refractivity contribution is 6.36. The number of amides is 3. The molecule has 8 nitrogen and oxygen atoms in total. The first kappa shape index (κ1) is 31.1. The van der Waals surface area contributed by atoms with Crippen molar-refractivity contribution < 1.29 is 19.1 Å². The summed E-state index contributed by atoms with van der Waals surface area (Å²) in [6.45, 7) is 5.07. The number of halogens is 2. The Morgan fingerprint density at radius 1 is 0.952 bits per heavy atom. The third-order valence-corrected chi connectivity index (χ3v) is 7.42. The third-order valence-electron chi connectivity index (χ3n) is 6.87. The number of urea groups is 1. The van der Waals surface area contributed by atoms with Gasteiger partial charge in [-0.3, -0.25) is 4.79 Å². The predicted molar refractivity (Wildman–Crippen MR) is 169 cm³/mol. The summed E-state index contributed by atoms with van der Waals surface area (Å²) >= 11 is 12.3. The number of nitrogens with zero attached hydrogens (tertiary/aromatic N) is 2. The summed E-state index contributed by atoms with van der Waals surface area (Å²) in [5, 5.41) is 4.74. The van der Waals surface area contributed by atoms with Gasteiger partial charge < -0.3 is 29.6 Å². The van der Waals surface area contributed by atoms with Gasteiger partial charge in [0.05, 0.1) is 24.9 Å². The minimum atomic E-state index is -0.413. The molecule has 0 radical (unpaired) electrons. The molecule has 0 bridgehead atoms. The maximum atomic E-state index is 13.9. The summed E-state index contributed by atoms with van der Waals surface area (Å²) in [7, 11) is 3.16. The lowest BCUT2D eigenvalue weighted by Crippen LogP contribution is -2.46. The SMILES string of the molecule is COc1ccc(CN(CCc2c[nH]c3ccccc23)C(=O)CN(CC(C)C)C(=O)Nc2ccc(Cl)cc2Cl)cc1OC. The van der Waals surface area contributed by atoms with Crippen molar-refractivity contribution in [1.29, 1.82) is 0 Å². The zero-order valence-electron chi connectivity index (χ0n) is 24.2. The predicted octanol–water partition coefficient (Wildman–Crippen LogP) is 7.25. The Bertz CT molecular complexity index is 1540. The molecule has 0 saturated carbocycles. The fourth-order valence-electron chi connectivity index (χ4n) is 4.79. The van der Waals surface area contributed by atoms with Crippen LogP contribution in [0.2, 0.25) is 10.0 Å². The number of hydrogen-bond acceptors (Lipinski definition) is 4. The second kappa shape index (κ2) is 14.3. The number of fused-ring (bicyclic) bond motifs is 1. The summed E-state index contributed by atoms with van der Waals surface area (Å²) < 4.78 is 10.9. The molecule has 0 aliphatic carbocycles. The van der Waals surface area contributed by atoms with Crippen LogP contribution >= 0.6 is 23.2 Å². The molecule has 42 heavy (non-hydrogen) atoms. The highest BCUT2D eigenvalue weighted by Crippen LogP contribution is 2.29. The number of aromatic nitrogens is 1. The number of benzene rings is 3. The summed E-state index contributed by atoms with van der Waals surface area (Å²) in [6, 6.07) is 18.1. The van der Waals surface area contributed by atoms with Gasteiger partial charge in [-0.25, -0.2) is 4.79 Å². The lowest BCUT2D eigenvalue weighted by molar-refractivity contribution is -0.132. The monoisotopic (exact) mass is 610 g/mol. The maximum Gasteiger partial charge on any atom is 0.322 e. The lowest BCUT2D eigenvalue weighted by Gasteiger charge is -2.29. The number of carbonyl (C=O) groups excluding carboxylic acids is 2. The number of nitrogens with one attached hydrogen (secondary N) is 2. The number of hydrogen-bond donors (Lipinski definition) is 2. The Kier molecular flexibility index (Phi) is 10.6. The number of para-hydroxylation sites is 1. The first-order valence-electron chi connectivity index (χ1n) is 13.7. The van der Waals surface area contributed by atoms with Crippen molar-refractivity contribution in [3.05, 3.63) is 88.0 Å². The number of aromatic amines is 1. The number of carbonyl (C=O) groups is 2. The number of H-pyrrole nitrogens is 1. The first-order valence-corrected chi connectivity index (χ1v) is 14.5. The fourth-order valence-corrected chi connectivity index (χ4v) is 5.25. The van der Waals surface area contributed by atoms with Crippen LogP contribution in [0.1, 0.15) is 25.0 Å². The molecule has 0 aliphatic heterocycles. The summed E-state index contributed by atoms with van der Waals surface area (Å²) in [6.07, 6.45) is 2.62. The zero-order valence-corrected chi connectivity index (χ0v) is 25.8. The Balaban J connectivity index is 1.57. The van der Waals surface area contributed by atoms with E-state index in [1.807, 2.05) is 56.4 Å². The van der Waals surface area contributed by atoms with Gasteiger partial charge in [-0.1, -0.05) is 61.3 Å². The molecular formula is C32H36Cl2N4O4. The van der Waals surface area contributed by atoms with Crippen LogP contribution in [0.3, 0.4) is 0 Å². The van der Waals surface area contributed by atoms with Gasteiger partial charge in [0.2, 0.25) is 5.91 Å². The van der Waals surface area contributed by atoms with E-state index in [0.717, 1.165) is 22.0 Å². The molecule has 3 aromatic carbocycles. The molecule has 10 heteroatoms. The molecule has 0 fully saturated rings. The molecule has 0 saturated heterocycles. The largest absolute Gasteiger partial charge is 0.493 e. The third kappa shape index (κ3) is 7.89. The van der Waals surface area contributed by atoms with E-state index >= 15 is 0 Å². The Labute approximate surface area is 256 Å². The summed E-state index contributed by atoms with van der Waals surface area (Å²) in [4.78, 5) is 33.9. The van der Waals surface area contributed by atoms with E-state index in [0.29, 0.717) is 53.3 Å². The number of ether oxygens (including phenoxy) is 2. The molecule has 0 unspecified atom stereocenters. The maximum absolute atomic E-state index is 13.9. The lowest BCUT2D eigenvalue weighted by atomic mass is 10.1. The van der Waals surface area contributed by atoms with Crippen molar-refractivity contribution >= 4 is 51.7 Å². The normalized spacial score (nSPS) is 11.0. The summed E-state index contributed by atoms with van der Waals surface area (Å²) in [5.74, 6) is 1.15. The van der Waals surface area contributed by atoms with Crippen LogP contribution in [0.15, 0.2) is 66.9 Å². The molecule has 4 rings (SSSR count). The minimum absolute atomic E-state index is 0.101. The van der Waals surface area contributed by atoms with Gasteiger partial charge in [-0.2, -0.15) is 0 Å². The second-order valence-electron chi connectivity index (χ2n) is 10.4. The van der Waals surface area contributed by atoms with Crippen LogP contribution in [0.5, 0.6) is 11.5 Å². The van der Waals surface area contributed by atoms with Crippen LogP contribution in [-0.4, -0.2) is 60.6 Å². The van der Waals surface area contributed by atoms with E-state index in [-0.39, 0.29) is 18.4 Å². The summed E-state index contributed by atoms with van der Waals surface area (Å²) in [5.41, 5.74) is 3.47. The molecule has 1 heterocycles. The van der Waals surface area contributed by atoms with Crippen LogP contribution in [-0.2, 0) is 17.8 Å². The Morgan fingerprint density at radius 3 is 2.43 bits per heavy atom. The van der Waals surface area contributed by atoms with E-state index in [9.17, 15) is 9.59 Å². The van der Waals surface area contributed by atoms with E-state index in [2.05, 4.69) is 16.4 Å². The van der Waals surface area contributed by atoms with Gasteiger partial charge in [0.15, 0.2) is 11.5 Å². The standard InChI is InChI=1S/C32H36Cl2N4O4/c1-21(2)18-38(32(40)36-28-11-10-24(33)16-26(28)34)20-31(39)37(19-22-9-12-29(41-3)30(15-22)42-4)14-13-23-17-35-27-8-6-5-7-25(23)27/h5-12,15-17,21,35H,13-14,18-20H2,1-4H3,(H,36,40). The minimum Gasteiger partial charge on any atom is -0.493 e. The van der Waals surface area contributed by atoms with Crippen LogP contribution < -0.4 is 14.8 Å². The molecule has 2 N–H and O–H groups in total. The van der Waals surface area contributed by atoms with Crippen molar-refractivity contribution in [2.75, 3.05) is 39.2 Å². The topological polar surface area (TPSA) is 86.9 Å². The molecule has 0 aliphatic rings. The second-order valence-corrected chi connectivity index (χ2v) is 11.3. The molecule has 222 valence electrons. The fraction of sp³-hybridized carbons (Fsp3) is 0.312. The van der Waals surface area contributed by atoms with Crippen molar-refractivity contribution in [3.63, 3.8) is 0 Å². The first-order chi connectivity index (χ1) is 20.2. The molecule has 3 amide bonds. The Hall–Kier alpha value is -3.88. The van der Waals surface area contributed by atoms with Gasteiger partial charge in [0.1, 0.15) is 6.54 Å². The quantitative estimate of drug-likeness (QED) is 0.177. The van der Waals surface area contributed by atoms with Gasteiger partial charge in [-0.05, 0) is 59.9 Å². The molecule has 0 atom stereocenters. The van der Waals surface area contributed by atoms with Gasteiger partial charge >= 0.3 is 6.03 Å². The van der Waals surface area contributed by atoms with Crippen molar-refractivity contribution in [2.24, 2.45) is 5.92 Å². The average molecular weight is 612 g/mol. The van der Waals surface area contributed by atoms with Gasteiger partial charge in [0.25, 0.3) is 0 Å². The van der Waals surface area contributed by atoms with Crippen LogP contribution in [0.25, 0.3) is 10.9 Å². The van der Waals surface area contributed by atoms with Crippen molar-refractivity contribution in [1.82, 2.24) is 14.8 Å². The molecule has 1 aromatic heterocycles. The van der Waals surface area contributed by atoms with Crippen molar-refractivity contribution in [2.45, 2.75) is 26.8 Å². The number of methoxy groups -OCH3 is 2. The zero-order chi connectivity index (χ0) is 30.2. The average Bonchev–Trinajstić information content (AvgIpc) is 3.38. The highest BCUT2D eigenvalue weighted by atomic mass is 35.5. The highest BCUT2D eigenvalue weighted by Gasteiger charge is 2.24. The Morgan fingerprint density at radius 2 is 1.71 bits per heavy atom. The van der Waals surface area contributed by atoms with E-state index in [1.54, 1.807) is 37.3 Å². The van der Waals surface area contributed by atoms with Crippen LogP contribution in [0.4, 0.5) is 10.5 Å². The van der Waals surface area contributed by atoms with Crippen LogP contribution in [0, 0.1) is 5.92 Å². The smallest absolute Gasteiger partial charge is 0.322 e. The number of rotatable bonds is 12. The van der Waals surface area contributed by atoms with Crippen molar-refractivity contribution in [3.8, 4) is 11.5 Å². The number of anilines is 1. The van der Waals surface area contributed by atoms with Gasteiger partial charge in [-0.15, -0.1) is 0 Å². The van der Waals surface area contributed by atoms with Gasteiger partial charge in [0, 0.05) is 41.8 Å². The van der Waals surface area contributed by atoms with E-state index < -0.39 is 6.03 Å². The van der Waals surface area contributed by atoms with E-state index in [1.165, 1.54) is 4.90 Å². The van der Waals surface area contributed by atoms with E-state index in [4.69, 9.17) is 32.7 Å². The molecule has 0 spiro atoms. The molecular weight excluding hydrogens is 575 g/mol. The molecule has 4 aromatic rings.